The SMILES string of the molecule is CCC(CC)NC(=O)COC(=O)c1cccc[n+]1[O-]. The molecule has 1 amide bonds. The molecule has 0 aliphatic carbocycles. The Balaban J connectivity index is 2.47. The summed E-state index contributed by atoms with van der Waals surface area (Å²) in [6.45, 7) is 3.54. The zero-order valence-corrected chi connectivity index (χ0v) is 11.1. The summed E-state index contributed by atoms with van der Waals surface area (Å²) in [7, 11) is 0. The van der Waals surface area contributed by atoms with E-state index in [0.717, 1.165) is 12.8 Å². The first-order valence-electron chi connectivity index (χ1n) is 6.23. The van der Waals surface area contributed by atoms with Crippen molar-refractivity contribution in [2.45, 2.75) is 32.7 Å². The van der Waals surface area contributed by atoms with Gasteiger partial charge in [0.15, 0.2) is 12.8 Å². The van der Waals surface area contributed by atoms with Crippen molar-refractivity contribution in [2.24, 2.45) is 0 Å². The molecule has 0 radical (unpaired) electrons. The molecule has 0 saturated carbocycles. The second-order valence-electron chi connectivity index (χ2n) is 4.07. The van der Waals surface area contributed by atoms with Gasteiger partial charge < -0.3 is 15.3 Å². The lowest BCUT2D eigenvalue weighted by atomic mass is 10.2. The highest BCUT2D eigenvalue weighted by atomic mass is 16.5. The summed E-state index contributed by atoms with van der Waals surface area (Å²) in [5.41, 5.74) is -0.141. The van der Waals surface area contributed by atoms with Gasteiger partial charge in [0.05, 0.1) is 0 Å². The smallest absolute Gasteiger partial charge is 0.405 e. The van der Waals surface area contributed by atoms with E-state index in [9.17, 15) is 14.8 Å². The fourth-order valence-electron chi connectivity index (χ4n) is 1.55. The van der Waals surface area contributed by atoms with Crippen LogP contribution >= 0.6 is 0 Å². The Morgan fingerprint density at radius 2 is 2.05 bits per heavy atom. The first-order chi connectivity index (χ1) is 9.08. The van der Waals surface area contributed by atoms with E-state index in [2.05, 4.69) is 5.32 Å². The molecule has 1 aromatic rings. The van der Waals surface area contributed by atoms with Gasteiger partial charge in [-0.15, -0.1) is 0 Å². The number of hydrogen-bond acceptors (Lipinski definition) is 4. The van der Waals surface area contributed by atoms with Crippen molar-refractivity contribution >= 4 is 11.9 Å². The van der Waals surface area contributed by atoms with Crippen molar-refractivity contribution in [3.05, 3.63) is 35.3 Å². The standard InChI is InChI=1S/C13H18N2O4/c1-3-10(4-2)14-12(16)9-19-13(17)11-7-5-6-8-15(11)18/h5-8,10H,3-4,9H2,1-2H3,(H,14,16). The Kier molecular flexibility index (Phi) is 5.78. The molecule has 1 N–H and O–H groups in total. The molecule has 19 heavy (non-hydrogen) atoms. The number of amides is 1. The quantitative estimate of drug-likeness (QED) is 0.468. The third kappa shape index (κ3) is 4.57. The predicted octanol–water partition coefficient (Wildman–Crippen LogP) is 0.782. The average molecular weight is 266 g/mol. The zero-order valence-electron chi connectivity index (χ0n) is 11.1. The van der Waals surface area contributed by atoms with Gasteiger partial charge in [0.25, 0.3) is 5.91 Å². The van der Waals surface area contributed by atoms with Crippen molar-refractivity contribution in [2.75, 3.05) is 6.61 Å². The molecular weight excluding hydrogens is 248 g/mol. The summed E-state index contributed by atoms with van der Waals surface area (Å²) in [5, 5.41) is 14.0. The number of esters is 1. The number of nitrogens with zero attached hydrogens (tertiary/aromatic N) is 1. The van der Waals surface area contributed by atoms with Gasteiger partial charge in [0.1, 0.15) is 0 Å². The molecular formula is C13H18N2O4. The minimum absolute atomic E-state index is 0.0763. The number of aromatic nitrogens is 1. The lowest BCUT2D eigenvalue weighted by Crippen LogP contribution is -2.38. The number of nitrogens with one attached hydrogen (secondary N) is 1. The lowest BCUT2D eigenvalue weighted by molar-refractivity contribution is -0.608. The maximum atomic E-state index is 11.6. The highest BCUT2D eigenvalue weighted by Crippen LogP contribution is 1.97. The van der Waals surface area contributed by atoms with Crippen molar-refractivity contribution in [1.29, 1.82) is 0 Å². The lowest BCUT2D eigenvalue weighted by Gasteiger charge is -2.14. The Bertz CT molecular complexity index is 444. The van der Waals surface area contributed by atoms with Crippen LogP contribution in [0.15, 0.2) is 24.4 Å². The van der Waals surface area contributed by atoms with Crippen LogP contribution in [0.5, 0.6) is 0 Å². The van der Waals surface area contributed by atoms with E-state index in [1.165, 1.54) is 18.3 Å². The summed E-state index contributed by atoms with van der Waals surface area (Å²) in [6, 6.07) is 4.47. The summed E-state index contributed by atoms with van der Waals surface area (Å²) < 4.78 is 5.19. The van der Waals surface area contributed by atoms with E-state index >= 15 is 0 Å². The van der Waals surface area contributed by atoms with Crippen molar-refractivity contribution in [3.8, 4) is 0 Å². The number of carbonyl (C=O) groups is 2. The number of ether oxygens (including phenoxy) is 1. The molecule has 0 atom stereocenters. The maximum absolute atomic E-state index is 11.6. The molecule has 0 bridgehead atoms. The minimum atomic E-state index is -0.810. The van der Waals surface area contributed by atoms with E-state index in [4.69, 9.17) is 4.74 Å². The maximum Gasteiger partial charge on any atom is 0.405 e. The molecule has 1 aromatic heterocycles. The minimum Gasteiger partial charge on any atom is -0.618 e. The van der Waals surface area contributed by atoms with Gasteiger partial charge >= 0.3 is 11.7 Å². The number of rotatable bonds is 6. The Morgan fingerprint density at radius 3 is 2.63 bits per heavy atom. The van der Waals surface area contributed by atoms with Crippen LogP contribution < -0.4 is 10.0 Å². The largest absolute Gasteiger partial charge is 0.618 e. The summed E-state index contributed by atoms with van der Waals surface area (Å²) >= 11 is 0. The van der Waals surface area contributed by atoms with Crippen LogP contribution in [0.25, 0.3) is 0 Å². The van der Waals surface area contributed by atoms with Gasteiger partial charge in [-0.3, -0.25) is 4.79 Å². The van der Waals surface area contributed by atoms with Gasteiger partial charge in [-0.05, 0) is 18.9 Å². The molecule has 0 fully saturated rings. The highest BCUT2D eigenvalue weighted by molar-refractivity contribution is 5.88. The van der Waals surface area contributed by atoms with Crippen LogP contribution in [0.1, 0.15) is 37.2 Å². The van der Waals surface area contributed by atoms with E-state index in [-0.39, 0.29) is 24.2 Å². The Hall–Kier alpha value is -2.11. The van der Waals surface area contributed by atoms with Crippen LogP contribution in [-0.2, 0) is 9.53 Å². The first kappa shape index (κ1) is 14.9. The first-order valence-corrected chi connectivity index (χ1v) is 6.23. The van der Waals surface area contributed by atoms with Crippen molar-refractivity contribution < 1.29 is 19.1 Å². The molecule has 6 nitrogen and oxygen atoms in total. The molecule has 0 aliphatic rings. The van der Waals surface area contributed by atoms with Crippen LogP contribution in [0, 0.1) is 5.21 Å². The molecule has 104 valence electrons. The zero-order chi connectivity index (χ0) is 14.3. The molecule has 1 heterocycles. The Labute approximate surface area is 112 Å². The van der Waals surface area contributed by atoms with E-state index < -0.39 is 5.97 Å². The second-order valence-corrected chi connectivity index (χ2v) is 4.07. The normalized spacial score (nSPS) is 10.3. The van der Waals surface area contributed by atoms with Crippen molar-refractivity contribution in [1.82, 2.24) is 5.32 Å². The molecule has 0 aromatic carbocycles. The van der Waals surface area contributed by atoms with Gasteiger partial charge in [-0.25, -0.2) is 4.79 Å². The average Bonchev–Trinajstić information content (AvgIpc) is 2.42. The van der Waals surface area contributed by atoms with Gasteiger partial charge in [0.2, 0.25) is 0 Å². The molecule has 0 aliphatic heterocycles. The van der Waals surface area contributed by atoms with Crippen LogP contribution in [0.3, 0.4) is 0 Å². The topological polar surface area (TPSA) is 82.3 Å². The number of pyridine rings is 1. The molecule has 0 saturated heterocycles. The fourth-order valence-corrected chi connectivity index (χ4v) is 1.55. The van der Waals surface area contributed by atoms with Gasteiger partial charge in [-0.1, -0.05) is 13.8 Å². The monoisotopic (exact) mass is 266 g/mol. The summed E-state index contributed by atoms with van der Waals surface area (Å²) in [5.74, 6) is -1.18. The number of carbonyl (C=O) groups excluding carboxylic acids is 2. The van der Waals surface area contributed by atoms with Gasteiger partial charge in [-0.2, -0.15) is 4.73 Å². The van der Waals surface area contributed by atoms with Gasteiger partial charge in [0, 0.05) is 18.2 Å². The van der Waals surface area contributed by atoms with Crippen LogP contribution in [-0.4, -0.2) is 24.5 Å². The second kappa shape index (κ2) is 7.35. The number of hydrogen-bond donors (Lipinski definition) is 1. The third-order valence-corrected chi connectivity index (χ3v) is 2.72. The molecule has 1 rings (SSSR count). The van der Waals surface area contributed by atoms with Crippen molar-refractivity contribution in [3.63, 3.8) is 0 Å². The highest BCUT2D eigenvalue weighted by Gasteiger charge is 2.18. The van der Waals surface area contributed by atoms with E-state index in [0.29, 0.717) is 4.73 Å². The summed E-state index contributed by atoms with van der Waals surface area (Å²) in [6.07, 6.45) is 2.83. The third-order valence-electron chi connectivity index (χ3n) is 2.72. The summed E-state index contributed by atoms with van der Waals surface area (Å²) in [4.78, 5) is 23.1. The molecule has 6 heteroatoms. The molecule has 0 unspecified atom stereocenters. The van der Waals surface area contributed by atoms with E-state index in [1.807, 2.05) is 13.8 Å². The van der Waals surface area contributed by atoms with Crippen LogP contribution in [0.2, 0.25) is 0 Å². The molecule has 0 spiro atoms. The fraction of sp³-hybridized carbons (Fsp3) is 0.462. The Morgan fingerprint density at radius 1 is 1.37 bits per heavy atom. The predicted molar refractivity (Wildman–Crippen MR) is 68.2 cm³/mol. The van der Waals surface area contributed by atoms with Crippen LogP contribution in [0.4, 0.5) is 0 Å². The van der Waals surface area contributed by atoms with E-state index in [1.54, 1.807) is 6.07 Å².